The molecule has 8 rings (SSSR count). The smallest absolute Gasteiger partial charge is 0.252 e. The van der Waals surface area contributed by atoms with Gasteiger partial charge < -0.3 is 24.5 Å². The minimum atomic E-state index is 0.0949. The summed E-state index contributed by atoms with van der Waals surface area (Å²) in [7, 11) is 12.8. The third-order valence-electron chi connectivity index (χ3n) is 10.8. The van der Waals surface area contributed by atoms with Gasteiger partial charge in [0.2, 0.25) is 0 Å². The zero-order valence-electron chi connectivity index (χ0n) is 29.2. The minimum Gasteiger partial charge on any atom is -0.378 e. The van der Waals surface area contributed by atoms with Crippen molar-refractivity contribution in [3.8, 4) is 0 Å². The van der Waals surface area contributed by atoms with Crippen molar-refractivity contribution in [3.05, 3.63) is 109 Å². The summed E-state index contributed by atoms with van der Waals surface area (Å²) in [6.07, 6.45) is 6.49. The van der Waals surface area contributed by atoms with Crippen molar-refractivity contribution >= 4 is 74.3 Å². The molecule has 0 radical (unpaired) electrons. The highest BCUT2D eigenvalue weighted by Crippen LogP contribution is 2.47. The molecule has 0 unspecified atom stereocenters. The first-order valence-electron chi connectivity index (χ1n) is 17.5. The molecule has 5 nitrogen and oxygen atoms in total. The maximum absolute atomic E-state index is 2.56. The second-order valence-corrected chi connectivity index (χ2v) is 14.4. The summed E-state index contributed by atoms with van der Waals surface area (Å²) in [5, 5.41) is 0. The number of rotatable bonds is 6. The maximum Gasteiger partial charge on any atom is 0.252 e. The van der Waals surface area contributed by atoms with Gasteiger partial charge in [-0.1, -0.05) is 37.5 Å². The van der Waals surface area contributed by atoms with Gasteiger partial charge in [-0.3, -0.25) is 0 Å². The van der Waals surface area contributed by atoms with Gasteiger partial charge in [0.25, 0.3) is 6.71 Å². The molecule has 2 heterocycles. The third kappa shape index (κ3) is 5.01. The van der Waals surface area contributed by atoms with Gasteiger partial charge in [-0.2, -0.15) is 0 Å². The predicted octanol–water partition coefficient (Wildman–Crippen LogP) is 8.01. The normalized spacial score (nSPS) is 15.1. The molecule has 0 atom stereocenters. The predicted molar refractivity (Wildman–Crippen MR) is 209 cm³/mol. The Morgan fingerprint density at radius 2 is 0.979 bits per heavy atom. The fraction of sp³-hybridized carbons (Fsp3) is 0.286. The fourth-order valence-electron chi connectivity index (χ4n) is 8.26. The second kappa shape index (κ2) is 12.0. The average Bonchev–Trinajstić information content (AvgIpc) is 3.11. The van der Waals surface area contributed by atoms with Gasteiger partial charge in [-0.05, 0) is 126 Å². The molecule has 0 saturated heterocycles. The van der Waals surface area contributed by atoms with Crippen LogP contribution in [0.4, 0.5) is 51.2 Å². The number of hydrogen-bond acceptors (Lipinski definition) is 5. The van der Waals surface area contributed by atoms with E-state index in [9.17, 15) is 0 Å². The molecule has 1 saturated carbocycles. The van der Waals surface area contributed by atoms with E-state index in [-0.39, 0.29) is 6.71 Å². The van der Waals surface area contributed by atoms with Gasteiger partial charge in [-0.15, -0.1) is 0 Å². The van der Waals surface area contributed by atoms with Crippen molar-refractivity contribution in [2.75, 3.05) is 66.8 Å². The molecule has 2 aliphatic heterocycles. The molecule has 0 aromatic heterocycles. The van der Waals surface area contributed by atoms with E-state index in [1.165, 1.54) is 105 Å². The van der Waals surface area contributed by atoms with Crippen LogP contribution in [-0.2, 0) is 0 Å². The lowest BCUT2D eigenvalue weighted by atomic mass is 9.33. The largest absolute Gasteiger partial charge is 0.378 e. The Kier molecular flexibility index (Phi) is 7.62. The van der Waals surface area contributed by atoms with Crippen LogP contribution in [0, 0.1) is 0 Å². The zero-order valence-corrected chi connectivity index (χ0v) is 29.2. The first-order valence-corrected chi connectivity index (χ1v) is 17.5. The molecular formula is C42H46BN5. The number of anilines is 9. The van der Waals surface area contributed by atoms with E-state index in [4.69, 9.17) is 0 Å². The van der Waals surface area contributed by atoms with Crippen LogP contribution in [0.3, 0.4) is 0 Å². The summed E-state index contributed by atoms with van der Waals surface area (Å²) in [4.78, 5) is 11.7. The topological polar surface area (TPSA) is 16.2 Å². The molecule has 1 aliphatic carbocycles. The molecule has 0 bridgehead atoms. The second-order valence-electron chi connectivity index (χ2n) is 14.4. The van der Waals surface area contributed by atoms with E-state index < -0.39 is 0 Å². The molecule has 1 fully saturated rings. The van der Waals surface area contributed by atoms with Gasteiger partial charge in [-0.25, -0.2) is 0 Å². The third-order valence-corrected chi connectivity index (χ3v) is 10.8. The van der Waals surface area contributed by atoms with Crippen molar-refractivity contribution in [1.29, 1.82) is 0 Å². The standard InChI is InChI=1S/C42H46BN5/c1-44(2)31-17-19-33(20-18-31)48-39-24-22-35(46(5)6)28-37(39)43-36-27-34(45(3)4)21-23-38(36)47(32-15-11-8-12-16-32)40-25-30(26-41(48)42(40)43)29-13-9-7-10-14-29/h8,11-12,15-29H,7,9-10,13-14H2,1-6H3. The van der Waals surface area contributed by atoms with Crippen LogP contribution in [0.15, 0.2) is 103 Å². The summed E-state index contributed by atoms with van der Waals surface area (Å²) >= 11 is 0. The first kappa shape index (κ1) is 30.5. The molecule has 48 heavy (non-hydrogen) atoms. The number of para-hydroxylation sites is 1. The molecule has 5 aromatic carbocycles. The minimum absolute atomic E-state index is 0.0949. The van der Waals surface area contributed by atoms with E-state index in [0.717, 1.165) is 0 Å². The Hall–Kier alpha value is -4.84. The SMILES string of the molecule is CN(C)c1ccc(N2c3ccc(N(C)C)cc3B3c4cc(N(C)C)ccc4N(c4ccccc4)c4cc(C5CCCCC5)cc2c43)cc1. The maximum atomic E-state index is 2.56. The van der Waals surface area contributed by atoms with E-state index in [0.29, 0.717) is 5.92 Å². The van der Waals surface area contributed by atoms with E-state index >= 15 is 0 Å². The number of fused-ring (bicyclic) bond motifs is 4. The first-order chi connectivity index (χ1) is 23.3. The molecule has 5 aromatic rings. The van der Waals surface area contributed by atoms with Crippen LogP contribution in [0.1, 0.15) is 43.6 Å². The number of nitrogens with zero attached hydrogens (tertiary/aromatic N) is 5. The van der Waals surface area contributed by atoms with Crippen LogP contribution in [0.5, 0.6) is 0 Å². The van der Waals surface area contributed by atoms with E-state index in [1.54, 1.807) is 0 Å². The van der Waals surface area contributed by atoms with Crippen LogP contribution in [-0.4, -0.2) is 49.0 Å². The van der Waals surface area contributed by atoms with Gasteiger partial charge in [0.1, 0.15) is 0 Å². The molecule has 242 valence electrons. The Morgan fingerprint density at radius 3 is 1.48 bits per heavy atom. The highest BCUT2D eigenvalue weighted by Gasteiger charge is 2.44. The summed E-state index contributed by atoms with van der Waals surface area (Å²) in [5.74, 6) is 0.573. The van der Waals surface area contributed by atoms with Gasteiger partial charge >= 0.3 is 0 Å². The van der Waals surface area contributed by atoms with Gasteiger partial charge in [0.05, 0.1) is 0 Å². The molecule has 0 amide bonds. The van der Waals surface area contributed by atoms with Crippen molar-refractivity contribution < 1.29 is 0 Å². The highest BCUT2D eigenvalue weighted by atomic mass is 15.2. The van der Waals surface area contributed by atoms with Crippen LogP contribution < -0.4 is 40.9 Å². The lowest BCUT2D eigenvalue weighted by molar-refractivity contribution is 0.444. The lowest BCUT2D eigenvalue weighted by Crippen LogP contribution is -2.61. The summed E-state index contributed by atoms with van der Waals surface area (Å²) < 4.78 is 0. The van der Waals surface area contributed by atoms with Crippen molar-refractivity contribution in [2.24, 2.45) is 0 Å². The van der Waals surface area contributed by atoms with Crippen molar-refractivity contribution in [1.82, 2.24) is 0 Å². The van der Waals surface area contributed by atoms with Crippen molar-refractivity contribution in [3.63, 3.8) is 0 Å². The summed E-state index contributed by atoms with van der Waals surface area (Å²) in [6.45, 7) is 0.0949. The number of benzene rings is 5. The summed E-state index contributed by atoms with van der Waals surface area (Å²) in [5.41, 5.74) is 16.7. The van der Waals surface area contributed by atoms with Crippen LogP contribution in [0.2, 0.25) is 0 Å². The molecule has 3 aliphatic rings. The molecule has 6 heteroatoms. The van der Waals surface area contributed by atoms with Gasteiger partial charge in [0, 0.05) is 93.5 Å². The monoisotopic (exact) mass is 631 g/mol. The van der Waals surface area contributed by atoms with Gasteiger partial charge in [0.15, 0.2) is 0 Å². The molecule has 0 N–H and O–H groups in total. The Labute approximate surface area is 287 Å². The highest BCUT2D eigenvalue weighted by molar-refractivity contribution is 7.00. The lowest BCUT2D eigenvalue weighted by Gasteiger charge is -2.45. The summed E-state index contributed by atoms with van der Waals surface area (Å²) in [6, 6.07) is 39.4. The Morgan fingerprint density at radius 1 is 0.500 bits per heavy atom. The molecular weight excluding hydrogens is 585 g/mol. The average molecular weight is 632 g/mol. The van der Waals surface area contributed by atoms with Crippen molar-refractivity contribution in [2.45, 2.75) is 38.0 Å². The fourth-order valence-corrected chi connectivity index (χ4v) is 8.26. The molecule has 0 spiro atoms. The van der Waals surface area contributed by atoms with Crippen LogP contribution in [0.25, 0.3) is 0 Å². The van der Waals surface area contributed by atoms with E-state index in [2.05, 4.69) is 170 Å². The number of hydrogen-bond donors (Lipinski definition) is 0. The quantitative estimate of drug-likeness (QED) is 0.172. The Bertz CT molecular complexity index is 1960. The zero-order chi connectivity index (χ0) is 33.1. The Balaban J connectivity index is 1.47. The van der Waals surface area contributed by atoms with E-state index in [1.807, 2.05) is 0 Å². The van der Waals surface area contributed by atoms with Crippen LogP contribution >= 0.6 is 0 Å².